The van der Waals surface area contributed by atoms with E-state index in [4.69, 9.17) is 22.1 Å². The van der Waals surface area contributed by atoms with Crippen LogP contribution in [0.5, 0.6) is 0 Å². The van der Waals surface area contributed by atoms with E-state index in [1.807, 2.05) is 30.9 Å². The van der Waals surface area contributed by atoms with Crippen molar-refractivity contribution in [1.82, 2.24) is 19.4 Å². The highest BCUT2D eigenvalue weighted by atomic mass is 35.5. The number of aromatic nitrogens is 3. The molecule has 1 amide bonds. The van der Waals surface area contributed by atoms with E-state index in [1.165, 1.54) is 0 Å². The lowest BCUT2D eigenvalue weighted by atomic mass is 9.97. The third kappa shape index (κ3) is 3.72. The number of amides is 1. The van der Waals surface area contributed by atoms with Crippen LogP contribution in [0.4, 0.5) is 22.0 Å². The van der Waals surface area contributed by atoms with Crippen molar-refractivity contribution in [3.8, 4) is 0 Å². The van der Waals surface area contributed by atoms with Crippen molar-refractivity contribution in [3.05, 3.63) is 41.8 Å². The van der Waals surface area contributed by atoms with Gasteiger partial charge in [0.15, 0.2) is 0 Å². The first-order chi connectivity index (χ1) is 15.4. The van der Waals surface area contributed by atoms with Gasteiger partial charge in [-0.25, -0.2) is 14.8 Å². The summed E-state index contributed by atoms with van der Waals surface area (Å²) in [7, 11) is 0. The molecule has 32 heavy (non-hydrogen) atoms. The Morgan fingerprint density at radius 1 is 1.19 bits per heavy atom. The highest BCUT2D eigenvalue weighted by molar-refractivity contribution is 6.33. The zero-order valence-electron chi connectivity index (χ0n) is 18.2. The molecule has 1 aromatic carbocycles. The fraction of sp³-hybridized carbons (Fsp3) is 0.435. The number of ether oxygens (including phenoxy) is 1. The molecule has 2 aliphatic rings. The van der Waals surface area contributed by atoms with Crippen LogP contribution < -0.4 is 11.1 Å². The second-order valence-electron chi connectivity index (χ2n) is 8.90. The molecule has 2 saturated heterocycles. The molecule has 4 heterocycles. The third-order valence-corrected chi connectivity index (χ3v) is 6.72. The molecule has 168 valence electrons. The van der Waals surface area contributed by atoms with Crippen molar-refractivity contribution in [2.24, 2.45) is 0 Å². The minimum Gasteiger partial charge on any atom is -0.447 e. The number of nitrogen functional groups attached to an aromatic ring is 1. The lowest BCUT2D eigenvalue weighted by Gasteiger charge is -2.39. The van der Waals surface area contributed by atoms with Gasteiger partial charge in [-0.1, -0.05) is 11.6 Å². The summed E-state index contributed by atoms with van der Waals surface area (Å²) in [5, 5.41) is 4.77. The number of nitrogens with one attached hydrogen (secondary N) is 1. The van der Waals surface area contributed by atoms with Gasteiger partial charge in [-0.15, -0.1) is 0 Å². The first-order valence-electron chi connectivity index (χ1n) is 11.0. The molecule has 0 saturated carbocycles. The van der Waals surface area contributed by atoms with Gasteiger partial charge < -0.3 is 25.3 Å². The van der Waals surface area contributed by atoms with Crippen LogP contribution in [-0.4, -0.2) is 43.7 Å². The molecule has 5 rings (SSSR count). The zero-order chi connectivity index (χ0) is 22.4. The average molecular weight is 455 g/mol. The molecule has 3 N–H and O–H groups in total. The van der Waals surface area contributed by atoms with Gasteiger partial charge in [0.25, 0.3) is 0 Å². The molecule has 0 spiro atoms. The SMILES string of the molecule is CC(C)OC(=O)N1[C@H]2CC[C@H]1CC(n1ccc3c(Nc4ccc(N)cc4Cl)ncnc31)C2. The summed E-state index contributed by atoms with van der Waals surface area (Å²) in [6, 6.07) is 8.06. The Kier molecular flexibility index (Phi) is 5.33. The number of rotatable bonds is 4. The van der Waals surface area contributed by atoms with E-state index in [0.29, 0.717) is 16.5 Å². The number of fused-ring (bicyclic) bond motifs is 3. The summed E-state index contributed by atoms with van der Waals surface area (Å²) < 4.78 is 7.71. The third-order valence-electron chi connectivity index (χ3n) is 6.40. The van der Waals surface area contributed by atoms with Crippen LogP contribution in [0, 0.1) is 0 Å². The number of hydrogen-bond acceptors (Lipinski definition) is 6. The van der Waals surface area contributed by atoms with Crippen molar-refractivity contribution in [2.45, 2.75) is 63.8 Å². The maximum atomic E-state index is 12.6. The summed E-state index contributed by atoms with van der Waals surface area (Å²) >= 11 is 6.33. The van der Waals surface area contributed by atoms with Crippen molar-refractivity contribution >= 4 is 45.9 Å². The van der Waals surface area contributed by atoms with Gasteiger partial charge >= 0.3 is 6.09 Å². The summed E-state index contributed by atoms with van der Waals surface area (Å²) in [6.45, 7) is 3.78. The van der Waals surface area contributed by atoms with Gasteiger partial charge in [-0.3, -0.25) is 0 Å². The van der Waals surface area contributed by atoms with Crippen LogP contribution in [-0.2, 0) is 4.74 Å². The lowest BCUT2D eigenvalue weighted by Crippen LogP contribution is -2.47. The molecule has 0 unspecified atom stereocenters. The molecular formula is C23H27ClN6O2. The van der Waals surface area contributed by atoms with Crippen LogP contribution in [0.25, 0.3) is 11.0 Å². The summed E-state index contributed by atoms with van der Waals surface area (Å²) in [4.78, 5) is 23.6. The van der Waals surface area contributed by atoms with E-state index in [1.54, 1.807) is 18.5 Å². The molecule has 2 bridgehead atoms. The van der Waals surface area contributed by atoms with Gasteiger partial charge in [-0.05, 0) is 63.8 Å². The van der Waals surface area contributed by atoms with E-state index >= 15 is 0 Å². The largest absolute Gasteiger partial charge is 0.447 e. The number of piperidine rings is 1. The van der Waals surface area contributed by atoms with Crippen molar-refractivity contribution < 1.29 is 9.53 Å². The van der Waals surface area contributed by atoms with Crippen molar-refractivity contribution in [3.63, 3.8) is 0 Å². The van der Waals surface area contributed by atoms with Crippen LogP contribution in [0.2, 0.25) is 5.02 Å². The van der Waals surface area contributed by atoms with Gasteiger partial charge in [0, 0.05) is 30.0 Å². The predicted octanol–water partition coefficient (Wildman–Crippen LogP) is 5.12. The zero-order valence-corrected chi connectivity index (χ0v) is 18.9. The first kappa shape index (κ1) is 20.9. The fourth-order valence-corrected chi connectivity index (χ4v) is 5.30. The molecule has 2 atom stereocenters. The average Bonchev–Trinajstić information content (AvgIpc) is 3.29. The number of hydrogen-bond donors (Lipinski definition) is 2. The number of benzene rings is 1. The Bertz CT molecular complexity index is 1150. The Balaban J connectivity index is 1.40. The molecule has 2 aromatic heterocycles. The van der Waals surface area contributed by atoms with E-state index in [0.717, 1.165) is 42.4 Å². The topological polar surface area (TPSA) is 98.3 Å². The molecule has 8 nitrogen and oxygen atoms in total. The van der Waals surface area contributed by atoms with Crippen LogP contribution in [0.15, 0.2) is 36.8 Å². The lowest BCUT2D eigenvalue weighted by molar-refractivity contribution is 0.0418. The number of carbonyl (C=O) groups excluding carboxylic acids is 1. The van der Waals surface area contributed by atoms with Crippen LogP contribution in [0.1, 0.15) is 45.6 Å². The highest BCUT2D eigenvalue weighted by Crippen LogP contribution is 2.42. The first-order valence-corrected chi connectivity index (χ1v) is 11.4. The Labute approximate surface area is 191 Å². The molecule has 0 aliphatic carbocycles. The summed E-state index contributed by atoms with van der Waals surface area (Å²) in [5.41, 5.74) is 8.02. The Hall–Kier alpha value is -3.00. The van der Waals surface area contributed by atoms with E-state index in [2.05, 4.69) is 26.0 Å². The maximum Gasteiger partial charge on any atom is 0.410 e. The molecular weight excluding hydrogens is 428 g/mol. The van der Waals surface area contributed by atoms with E-state index in [-0.39, 0.29) is 30.3 Å². The van der Waals surface area contributed by atoms with Gasteiger partial charge in [-0.2, -0.15) is 0 Å². The number of anilines is 3. The normalized spacial score (nSPS) is 22.5. The standard InChI is InChI=1S/C23H27ClN6O2/c1-13(2)32-23(31)30-15-4-5-16(30)11-17(10-15)29-8-7-18-21(26-12-27-22(18)29)28-20-6-3-14(25)9-19(20)24/h3,6-9,12-13,15-17H,4-5,10-11,25H2,1-2H3,(H,26,27,28)/t15-,16-/m0/s1. The molecule has 2 fully saturated rings. The molecule has 3 aromatic rings. The minimum absolute atomic E-state index is 0.106. The van der Waals surface area contributed by atoms with Crippen LogP contribution >= 0.6 is 11.6 Å². The summed E-state index contributed by atoms with van der Waals surface area (Å²) in [5.74, 6) is 0.696. The van der Waals surface area contributed by atoms with Gasteiger partial charge in [0.05, 0.1) is 22.2 Å². The second kappa shape index (κ2) is 8.16. The number of carbonyl (C=O) groups is 1. The van der Waals surface area contributed by atoms with Gasteiger partial charge in [0.1, 0.15) is 17.8 Å². The van der Waals surface area contributed by atoms with Crippen molar-refractivity contribution in [2.75, 3.05) is 11.1 Å². The monoisotopic (exact) mass is 454 g/mol. The quantitative estimate of drug-likeness (QED) is 0.530. The smallest absolute Gasteiger partial charge is 0.410 e. The molecule has 0 radical (unpaired) electrons. The van der Waals surface area contributed by atoms with Gasteiger partial charge in [0.2, 0.25) is 0 Å². The predicted molar refractivity (Wildman–Crippen MR) is 125 cm³/mol. The minimum atomic E-state index is -0.183. The summed E-state index contributed by atoms with van der Waals surface area (Å²) in [6.07, 6.45) is 7.17. The highest BCUT2D eigenvalue weighted by Gasteiger charge is 2.45. The number of nitrogens with two attached hydrogens (primary N) is 1. The molecule has 9 heteroatoms. The molecule has 2 aliphatic heterocycles. The van der Waals surface area contributed by atoms with Crippen molar-refractivity contribution in [1.29, 1.82) is 0 Å². The number of halogens is 1. The second-order valence-corrected chi connectivity index (χ2v) is 9.30. The van der Waals surface area contributed by atoms with Crippen LogP contribution in [0.3, 0.4) is 0 Å². The van der Waals surface area contributed by atoms with E-state index in [9.17, 15) is 4.79 Å². The Morgan fingerprint density at radius 3 is 2.62 bits per heavy atom. The fourth-order valence-electron chi connectivity index (χ4n) is 5.06. The number of nitrogens with zero attached hydrogens (tertiary/aromatic N) is 4. The van der Waals surface area contributed by atoms with E-state index < -0.39 is 0 Å². The maximum absolute atomic E-state index is 12.6. The Morgan fingerprint density at radius 2 is 1.94 bits per heavy atom.